The highest BCUT2D eigenvalue weighted by atomic mass is 16.3. The first kappa shape index (κ1) is 12.8. The molecule has 0 unspecified atom stereocenters. The Morgan fingerprint density at radius 3 is 2.53 bits per heavy atom. The fraction of sp³-hybridized carbons (Fsp3) is 0.857. The van der Waals surface area contributed by atoms with Crippen molar-refractivity contribution in [2.24, 2.45) is 17.3 Å². The van der Waals surface area contributed by atoms with E-state index in [0.717, 1.165) is 12.3 Å². The van der Waals surface area contributed by atoms with Gasteiger partial charge < -0.3 is 5.11 Å². The van der Waals surface area contributed by atoms with Gasteiger partial charge in [-0.3, -0.25) is 0 Å². The molecule has 0 aromatic heterocycles. The van der Waals surface area contributed by atoms with Crippen LogP contribution in [0.25, 0.3) is 0 Å². The minimum absolute atomic E-state index is 0.227. The van der Waals surface area contributed by atoms with E-state index in [1.807, 2.05) is 0 Å². The van der Waals surface area contributed by atoms with Crippen LogP contribution >= 0.6 is 0 Å². The van der Waals surface area contributed by atoms with Crippen LogP contribution in [0.3, 0.4) is 0 Å². The van der Waals surface area contributed by atoms with Crippen molar-refractivity contribution in [2.75, 3.05) is 0 Å². The Morgan fingerprint density at radius 1 is 1.47 bits per heavy atom. The third-order valence-corrected chi connectivity index (χ3v) is 3.72. The van der Waals surface area contributed by atoms with Crippen LogP contribution in [-0.2, 0) is 0 Å². The molecule has 1 N–H and O–H groups in total. The van der Waals surface area contributed by atoms with Crippen molar-refractivity contribution in [2.45, 2.75) is 60.0 Å². The van der Waals surface area contributed by atoms with Gasteiger partial charge in [-0.2, -0.15) is 0 Å². The molecule has 1 aliphatic rings. The highest BCUT2D eigenvalue weighted by molar-refractivity contribution is 5.15. The first-order chi connectivity index (χ1) is 6.83. The summed E-state index contributed by atoms with van der Waals surface area (Å²) in [6.45, 7) is 11.3. The lowest BCUT2D eigenvalue weighted by Crippen LogP contribution is -2.33. The van der Waals surface area contributed by atoms with Gasteiger partial charge in [0.25, 0.3) is 0 Å². The lowest BCUT2D eigenvalue weighted by molar-refractivity contribution is 0.0957. The summed E-state index contributed by atoms with van der Waals surface area (Å²) in [4.78, 5) is 0. The first-order valence-electron chi connectivity index (χ1n) is 6.19. The third-order valence-electron chi connectivity index (χ3n) is 3.72. The summed E-state index contributed by atoms with van der Waals surface area (Å²) in [6, 6.07) is 0. The fourth-order valence-electron chi connectivity index (χ4n) is 2.89. The van der Waals surface area contributed by atoms with Crippen molar-refractivity contribution in [3.63, 3.8) is 0 Å². The molecule has 0 aromatic carbocycles. The lowest BCUT2D eigenvalue weighted by atomic mass is 9.66. The van der Waals surface area contributed by atoms with Crippen molar-refractivity contribution in [3.8, 4) is 0 Å². The monoisotopic (exact) mass is 210 g/mol. The van der Waals surface area contributed by atoms with Crippen LogP contribution in [0.2, 0.25) is 0 Å². The molecule has 1 nitrogen and oxygen atoms in total. The van der Waals surface area contributed by atoms with Crippen molar-refractivity contribution in [1.29, 1.82) is 0 Å². The molecule has 0 radical (unpaired) electrons. The molecule has 2 atom stereocenters. The largest absolute Gasteiger partial charge is 0.389 e. The van der Waals surface area contributed by atoms with Crippen molar-refractivity contribution < 1.29 is 5.11 Å². The summed E-state index contributed by atoms with van der Waals surface area (Å²) in [5, 5.41) is 9.73. The van der Waals surface area contributed by atoms with E-state index in [9.17, 15) is 5.11 Å². The Kier molecular flexibility index (Phi) is 3.99. The summed E-state index contributed by atoms with van der Waals surface area (Å²) in [5.41, 5.74) is 1.65. The zero-order chi connectivity index (χ0) is 11.6. The van der Waals surface area contributed by atoms with Crippen molar-refractivity contribution >= 4 is 0 Å². The number of aliphatic hydroxyl groups excluding tert-OH is 1. The SMILES string of the molecule is CC1=C[C@H](O)CC(C)(C)[C@H]1CCC(C)C. The van der Waals surface area contributed by atoms with Crippen molar-refractivity contribution in [3.05, 3.63) is 11.6 Å². The fourth-order valence-corrected chi connectivity index (χ4v) is 2.89. The molecule has 0 saturated heterocycles. The van der Waals surface area contributed by atoms with Crippen LogP contribution in [0, 0.1) is 17.3 Å². The van der Waals surface area contributed by atoms with Gasteiger partial charge >= 0.3 is 0 Å². The van der Waals surface area contributed by atoms with Crippen LogP contribution in [0.4, 0.5) is 0 Å². The molecule has 0 aromatic rings. The van der Waals surface area contributed by atoms with Crippen LogP contribution in [0.15, 0.2) is 11.6 Å². The molecule has 88 valence electrons. The predicted octanol–water partition coefficient (Wildman–Crippen LogP) is 3.78. The topological polar surface area (TPSA) is 20.2 Å². The maximum atomic E-state index is 9.73. The van der Waals surface area contributed by atoms with Gasteiger partial charge in [0, 0.05) is 0 Å². The number of hydrogen-bond acceptors (Lipinski definition) is 1. The molecule has 15 heavy (non-hydrogen) atoms. The molecular weight excluding hydrogens is 184 g/mol. The van der Waals surface area contributed by atoms with Gasteiger partial charge in [0.05, 0.1) is 6.10 Å². The molecule has 0 aliphatic heterocycles. The molecule has 0 bridgehead atoms. The highest BCUT2D eigenvalue weighted by Crippen LogP contribution is 2.43. The van der Waals surface area contributed by atoms with Crippen molar-refractivity contribution in [1.82, 2.24) is 0 Å². The molecule has 0 fully saturated rings. The average molecular weight is 210 g/mol. The van der Waals surface area contributed by atoms with Crippen LogP contribution < -0.4 is 0 Å². The third kappa shape index (κ3) is 3.34. The van der Waals surface area contributed by atoms with E-state index in [-0.39, 0.29) is 11.5 Å². The molecule has 0 amide bonds. The Labute approximate surface area is 94.6 Å². The quantitative estimate of drug-likeness (QED) is 0.703. The zero-order valence-electron chi connectivity index (χ0n) is 10.9. The van der Waals surface area contributed by atoms with E-state index < -0.39 is 0 Å². The van der Waals surface area contributed by atoms with E-state index >= 15 is 0 Å². The number of allylic oxidation sites excluding steroid dienone is 1. The molecule has 0 spiro atoms. The summed E-state index contributed by atoms with van der Waals surface area (Å²) in [6.07, 6.45) is 5.29. The Bertz CT molecular complexity index is 238. The Balaban J connectivity index is 2.71. The number of aliphatic hydroxyl groups is 1. The molecule has 1 aliphatic carbocycles. The summed E-state index contributed by atoms with van der Waals surface area (Å²) in [7, 11) is 0. The average Bonchev–Trinajstić information content (AvgIpc) is 1.98. The lowest BCUT2D eigenvalue weighted by Gasteiger charge is -2.40. The summed E-state index contributed by atoms with van der Waals surface area (Å²) in [5.74, 6) is 1.43. The van der Waals surface area contributed by atoms with Crippen LogP contribution in [0.5, 0.6) is 0 Å². The number of rotatable bonds is 3. The molecular formula is C14H26O. The smallest absolute Gasteiger partial charge is 0.0728 e. The normalized spacial score (nSPS) is 30.5. The van der Waals surface area contributed by atoms with Gasteiger partial charge in [-0.15, -0.1) is 0 Å². The zero-order valence-corrected chi connectivity index (χ0v) is 10.9. The minimum atomic E-state index is -0.227. The van der Waals surface area contributed by atoms with Crippen LogP contribution in [0.1, 0.15) is 53.9 Å². The molecule has 0 heterocycles. The number of hydrogen-bond donors (Lipinski definition) is 1. The second-order valence-corrected chi connectivity index (χ2v) is 6.19. The van der Waals surface area contributed by atoms with Gasteiger partial charge in [0.15, 0.2) is 0 Å². The maximum absolute atomic E-state index is 9.73. The molecule has 1 rings (SSSR count). The Hall–Kier alpha value is -0.300. The minimum Gasteiger partial charge on any atom is -0.389 e. The summed E-state index contributed by atoms with van der Waals surface area (Å²) < 4.78 is 0. The standard InChI is InChI=1S/C14H26O/c1-10(2)6-7-13-11(3)8-12(15)9-14(13,4)5/h8,10,12-13,15H,6-7,9H2,1-5H3/t12-,13-/m0/s1. The molecule has 1 heteroatoms. The first-order valence-corrected chi connectivity index (χ1v) is 6.19. The molecule has 0 saturated carbocycles. The van der Waals surface area contributed by atoms with E-state index in [4.69, 9.17) is 0 Å². The van der Waals surface area contributed by atoms with E-state index in [0.29, 0.717) is 5.92 Å². The second-order valence-electron chi connectivity index (χ2n) is 6.19. The van der Waals surface area contributed by atoms with Gasteiger partial charge in [-0.1, -0.05) is 45.8 Å². The van der Waals surface area contributed by atoms with Gasteiger partial charge in [-0.05, 0) is 37.0 Å². The summed E-state index contributed by atoms with van der Waals surface area (Å²) >= 11 is 0. The predicted molar refractivity (Wildman–Crippen MR) is 65.7 cm³/mol. The van der Waals surface area contributed by atoms with Crippen LogP contribution in [-0.4, -0.2) is 11.2 Å². The van der Waals surface area contributed by atoms with E-state index in [1.54, 1.807) is 0 Å². The van der Waals surface area contributed by atoms with E-state index in [2.05, 4.69) is 40.7 Å². The Morgan fingerprint density at radius 2 is 2.07 bits per heavy atom. The van der Waals surface area contributed by atoms with Gasteiger partial charge in [-0.25, -0.2) is 0 Å². The van der Waals surface area contributed by atoms with Gasteiger partial charge in [0.1, 0.15) is 0 Å². The highest BCUT2D eigenvalue weighted by Gasteiger charge is 2.35. The second kappa shape index (κ2) is 4.69. The maximum Gasteiger partial charge on any atom is 0.0728 e. The van der Waals surface area contributed by atoms with Gasteiger partial charge in [0.2, 0.25) is 0 Å². The van der Waals surface area contributed by atoms with E-state index in [1.165, 1.54) is 18.4 Å².